The Hall–Kier alpha value is -1.07. The fourth-order valence-electron chi connectivity index (χ4n) is 2.88. The van der Waals surface area contributed by atoms with Crippen molar-refractivity contribution in [1.29, 1.82) is 0 Å². The second-order valence-corrected chi connectivity index (χ2v) is 8.25. The number of piperidine rings is 1. The number of carbonyl (C=O) groups is 1. The van der Waals surface area contributed by atoms with Crippen LogP contribution in [-0.4, -0.2) is 31.8 Å². The lowest BCUT2D eigenvalue weighted by Crippen LogP contribution is -2.42. The average molecular weight is 330 g/mol. The molecule has 2 rings (SSSR count). The van der Waals surface area contributed by atoms with Crippen molar-refractivity contribution in [1.82, 2.24) is 4.90 Å². The molecule has 0 radical (unpaired) electrons. The van der Waals surface area contributed by atoms with Gasteiger partial charge in [-0.25, -0.2) is 8.42 Å². The number of benzene rings is 1. The summed E-state index contributed by atoms with van der Waals surface area (Å²) in [5.74, 6) is -0.110. The summed E-state index contributed by atoms with van der Waals surface area (Å²) >= 11 is 0. The van der Waals surface area contributed by atoms with E-state index in [0.29, 0.717) is 11.1 Å². The Bertz CT molecular complexity index is 670. The van der Waals surface area contributed by atoms with Gasteiger partial charge in [-0.2, -0.15) is 0 Å². The number of hydrogen-bond donors (Lipinski definition) is 0. The van der Waals surface area contributed by atoms with Crippen molar-refractivity contribution >= 4 is 25.6 Å². The van der Waals surface area contributed by atoms with E-state index in [4.69, 9.17) is 10.7 Å². The van der Waals surface area contributed by atoms with Gasteiger partial charge in [-0.3, -0.25) is 4.79 Å². The molecule has 1 saturated heterocycles. The van der Waals surface area contributed by atoms with E-state index < -0.39 is 9.05 Å². The number of hydrogen-bond acceptors (Lipinski definition) is 3. The van der Waals surface area contributed by atoms with Crippen LogP contribution in [0.2, 0.25) is 0 Å². The molecule has 1 aliphatic rings. The van der Waals surface area contributed by atoms with Crippen LogP contribution in [-0.2, 0) is 9.05 Å². The van der Waals surface area contributed by atoms with E-state index in [1.54, 1.807) is 13.0 Å². The molecule has 6 heteroatoms. The third-order valence-corrected chi connectivity index (χ3v) is 5.54. The van der Waals surface area contributed by atoms with Crippen LogP contribution in [0, 0.1) is 13.8 Å². The first kappa shape index (κ1) is 16.3. The first-order valence-corrected chi connectivity index (χ1v) is 9.39. The standard InChI is InChI=1S/C15H20ClNO3S/c1-10-8-11(2)14(21(16,19)20)9-13(10)15(18)17-7-5-4-6-12(17)3/h8-9,12H,4-7H2,1-3H3. The van der Waals surface area contributed by atoms with Crippen LogP contribution < -0.4 is 0 Å². The summed E-state index contributed by atoms with van der Waals surface area (Å²) in [7, 11) is 1.61. The summed E-state index contributed by atoms with van der Waals surface area (Å²) in [6.07, 6.45) is 3.10. The second-order valence-electron chi connectivity index (χ2n) is 5.71. The molecule has 1 amide bonds. The molecule has 1 atom stereocenters. The highest BCUT2D eigenvalue weighted by Crippen LogP contribution is 2.26. The number of amides is 1. The first-order chi connectivity index (χ1) is 9.71. The van der Waals surface area contributed by atoms with Crippen molar-refractivity contribution < 1.29 is 13.2 Å². The van der Waals surface area contributed by atoms with Gasteiger partial charge in [-0.15, -0.1) is 0 Å². The van der Waals surface area contributed by atoms with Crippen LogP contribution in [0.4, 0.5) is 0 Å². The Morgan fingerprint density at radius 3 is 2.48 bits per heavy atom. The van der Waals surface area contributed by atoms with Crippen LogP contribution in [0.1, 0.15) is 47.7 Å². The van der Waals surface area contributed by atoms with E-state index in [-0.39, 0.29) is 16.8 Å². The first-order valence-electron chi connectivity index (χ1n) is 7.08. The van der Waals surface area contributed by atoms with E-state index in [1.807, 2.05) is 18.7 Å². The molecule has 0 saturated carbocycles. The molecule has 1 aromatic rings. The molecule has 1 fully saturated rings. The second kappa shape index (κ2) is 5.97. The average Bonchev–Trinajstić information content (AvgIpc) is 2.37. The van der Waals surface area contributed by atoms with Crippen molar-refractivity contribution in [3.8, 4) is 0 Å². The Balaban J connectivity index is 2.46. The third kappa shape index (κ3) is 3.40. The van der Waals surface area contributed by atoms with Gasteiger partial charge < -0.3 is 4.90 Å². The Morgan fingerprint density at radius 1 is 1.24 bits per heavy atom. The predicted octanol–water partition coefficient (Wildman–Crippen LogP) is 3.25. The summed E-state index contributed by atoms with van der Waals surface area (Å²) < 4.78 is 23.2. The zero-order valence-corrected chi connectivity index (χ0v) is 14.1. The lowest BCUT2D eigenvalue weighted by Gasteiger charge is -2.34. The lowest BCUT2D eigenvalue weighted by molar-refractivity contribution is 0.0634. The van der Waals surface area contributed by atoms with Crippen molar-refractivity contribution in [3.05, 3.63) is 28.8 Å². The Labute approximate surface area is 130 Å². The maximum atomic E-state index is 12.7. The Morgan fingerprint density at radius 2 is 1.90 bits per heavy atom. The topological polar surface area (TPSA) is 54.5 Å². The highest BCUT2D eigenvalue weighted by atomic mass is 35.7. The van der Waals surface area contributed by atoms with E-state index in [1.165, 1.54) is 6.07 Å². The van der Waals surface area contributed by atoms with E-state index >= 15 is 0 Å². The van der Waals surface area contributed by atoms with Gasteiger partial charge in [-0.05, 0) is 57.2 Å². The van der Waals surface area contributed by atoms with E-state index in [9.17, 15) is 13.2 Å². The van der Waals surface area contributed by atoms with Crippen LogP contribution in [0.15, 0.2) is 17.0 Å². The number of nitrogens with zero attached hydrogens (tertiary/aromatic N) is 1. The monoisotopic (exact) mass is 329 g/mol. The van der Waals surface area contributed by atoms with Gasteiger partial charge in [0.25, 0.3) is 15.0 Å². The number of halogens is 1. The molecule has 0 aliphatic carbocycles. The fourth-order valence-corrected chi connectivity index (χ4v) is 4.08. The van der Waals surface area contributed by atoms with Crippen LogP contribution in [0.5, 0.6) is 0 Å². The summed E-state index contributed by atoms with van der Waals surface area (Å²) in [6.45, 7) is 6.25. The predicted molar refractivity (Wildman–Crippen MR) is 83.3 cm³/mol. The highest BCUT2D eigenvalue weighted by Gasteiger charge is 2.27. The summed E-state index contributed by atoms with van der Waals surface area (Å²) in [5.41, 5.74) is 1.76. The van der Waals surface area contributed by atoms with Gasteiger partial charge in [0.1, 0.15) is 0 Å². The van der Waals surface area contributed by atoms with Gasteiger partial charge >= 0.3 is 0 Å². The minimum Gasteiger partial charge on any atom is -0.336 e. The quantitative estimate of drug-likeness (QED) is 0.783. The fraction of sp³-hybridized carbons (Fsp3) is 0.533. The molecule has 4 nitrogen and oxygen atoms in total. The van der Waals surface area contributed by atoms with Crippen molar-refractivity contribution in [3.63, 3.8) is 0 Å². The minimum atomic E-state index is -3.85. The minimum absolute atomic E-state index is 0.0165. The maximum absolute atomic E-state index is 12.7. The lowest BCUT2D eigenvalue weighted by atomic mass is 9.99. The van der Waals surface area contributed by atoms with Crippen LogP contribution in [0.25, 0.3) is 0 Å². The molecule has 0 bridgehead atoms. The van der Waals surface area contributed by atoms with Crippen molar-refractivity contribution in [2.75, 3.05) is 6.54 Å². The zero-order valence-electron chi connectivity index (χ0n) is 12.5. The molecule has 1 unspecified atom stereocenters. The molecular weight excluding hydrogens is 310 g/mol. The highest BCUT2D eigenvalue weighted by molar-refractivity contribution is 8.13. The normalized spacial score (nSPS) is 19.6. The molecule has 116 valence electrons. The van der Waals surface area contributed by atoms with E-state index in [0.717, 1.165) is 31.4 Å². The SMILES string of the molecule is Cc1cc(C)c(S(=O)(=O)Cl)cc1C(=O)N1CCCCC1C. The van der Waals surface area contributed by atoms with Crippen LogP contribution >= 0.6 is 10.7 Å². The van der Waals surface area contributed by atoms with Crippen molar-refractivity contribution in [2.45, 2.75) is 51.0 Å². The molecule has 0 spiro atoms. The third-order valence-electron chi connectivity index (χ3n) is 4.08. The molecule has 1 aromatic carbocycles. The molecular formula is C15H20ClNO3S. The molecule has 21 heavy (non-hydrogen) atoms. The number of rotatable bonds is 2. The molecule has 0 N–H and O–H groups in total. The smallest absolute Gasteiger partial charge is 0.261 e. The van der Waals surface area contributed by atoms with Gasteiger partial charge in [0.05, 0.1) is 4.90 Å². The molecule has 1 heterocycles. The largest absolute Gasteiger partial charge is 0.336 e. The molecule has 1 aliphatic heterocycles. The Kier molecular flexibility index (Phi) is 4.63. The number of carbonyl (C=O) groups excluding carboxylic acids is 1. The van der Waals surface area contributed by atoms with Gasteiger partial charge in [0.2, 0.25) is 0 Å². The summed E-state index contributed by atoms with van der Waals surface area (Å²) in [4.78, 5) is 14.6. The maximum Gasteiger partial charge on any atom is 0.261 e. The van der Waals surface area contributed by atoms with Gasteiger partial charge in [0.15, 0.2) is 0 Å². The van der Waals surface area contributed by atoms with Gasteiger partial charge in [0, 0.05) is 28.8 Å². The summed E-state index contributed by atoms with van der Waals surface area (Å²) in [5, 5.41) is 0. The van der Waals surface area contributed by atoms with Gasteiger partial charge in [-0.1, -0.05) is 6.07 Å². The molecule has 0 aromatic heterocycles. The van der Waals surface area contributed by atoms with Crippen molar-refractivity contribution in [2.24, 2.45) is 0 Å². The number of likely N-dealkylation sites (tertiary alicyclic amines) is 1. The van der Waals surface area contributed by atoms with E-state index in [2.05, 4.69) is 0 Å². The summed E-state index contributed by atoms with van der Waals surface area (Å²) in [6, 6.07) is 3.30. The zero-order chi connectivity index (χ0) is 15.8. The van der Waals surface area contributed by atoms with Crippen LogP contribution in [0.3, 0.4) is 0 Å². The number of aryl methyl sites for hydroxylation is 2.